The van der Waals surface area contributed by atoms with Gasteiger partial charge in [-0.25, -0.2) is 14.4 Å². The standard InChI is InChI=1S/C20H24FN7.HI/c1-22-19(27-9-11-28(12-10-27)20-23-6-2-7-24-20)25-8-5-15-14-26-18-13-16(21)3-4-17(15)18;/h2-4,6-7,13-14,26H,5,8-12H2,1H3,(H,22,25);1H. The van der Waals surface area contributed by atoms with Crippen LogP contribution in [0.4, 0.5) is 10.3 Å². The Bertz CT molecular complexity index is 952. The molecule has 1 saturated heterocycles. The van der Waals surface area contributed by atoms with E-state index in [0.29, 0.717) is 0 Å². The molecule has 3 heterocycles. The van der Waals surface area contributed by atoms with Crippen LogP contribution in [0.1, 0.15) is 5.56 Å². The number of benzene rings is 1. The van der Waals surface area contributed by atoms with Crippen LogP contribution in [0.25, 0.3) is 10.9 Å². The average molecular weight is 509 g/mol. The summed E-state index contributed by atoms with van der Waals surface area (Å²) in [7, 11) is 1.81. The third-order valence-electron chi connectivity index (χ3n) is 5.03. The second kappa shape index (κ2) is 9.86. The highest BCUT2D eigenvalue weighted by Crippen LogP contribution is 2.19. The maximum atomic E-state index is 13.3. The Morgan fingerprint density at radius 1 is 1.21 bits per heavy atom. The third-order valence-corrected chi connectivity index (χ3v) is 5.03. The van der Waals surface area contributed by atoms with Gasteiger partial charge in [0.2, 0.25) is 5.95 Å². The van der Waals surface area contributed by atoms with Gasteiger partial charge in [0.05, 0.1) is 0 Å². The number of H-pyrrole nitrogens is 1. The fraction of sp³-hybridized carbons (Fsp3) is 0.350. The van der Waals surface area contributed by atoms with E-state index in [2.05, 4.69) is 35.1 Å². The number of hydrogen-bond acceptors (Lipinski definition) is 4. The Morgan fingerprint density at radius 3 is 2.69 bits per heavy atom. The zero-order valence-electron chi connectivity index (χ0n) is 16.3. The number of guanidine groups is 1. The summed E-state index contributed by atoms with van der Waals surface area (Å²) in [6.07, 6.45) is 6.33. The lowest BCUT2D eigenvalue weighted by atomic mass is 10.1. The molecule has 1 aromatic carbocycles. The SMILES string of the molecule is CN=C(NCCc1c[nH]c2cc(F)ccc12)N1CCN(c2ncccn2)CC1.I. The van der Waals surface area contributed by atoms with E-state index in [1.165, 1.54) is 17.7 Å². The normalized spacial score (nSPS) is 14.8. The van der Waals surface area contributed by atoms with Crippen molar-refractivity contribution in [2.24, 2.45) is 4.99 Å². The molecule has 0 atom stereocenters. The summed E-state index contributed by atoms with van der Waals surface area (Å²) >= 11 is 0. The number of piperazine rings is 1. The van der Waals surface area contributed by atoms with Gasteiger partial charge in [0.25, 0.3) is 0 Å². The molecule has 3 aromatic rings. The van der Waals surface area contributed by atoms with Crippen molar-refractivity contribution in [3.05, 3.63) is 54.2 Å². The maximum Gasteiger partial charge on any atom is 0.225 e. The largest absolute Gasteiger partial charge is 0.361 e. The van der Waals surface area contributed by atoms with Gasteiger partial charge in [-0.15, -0.1) is 24.0 Å². The average Bonchev–Trinajstić information content (AvgIpc) is 3.14. The Hall–Kier alpha value is -2.43. The molecule has 154 valence electrons. The first-order chi connectivity index (χ1) is 13.7. The predicted molar refractivity (Wildman–Crippen MR) is 125 cm³/mol. The van der Waals surface area contributed by atoms with Gasteiger partial charge in [0.15, 0.2) is 5.96 Å². The van der Waals surface area contributed by atoms with Crippen molar-refractivity contribution >= 4 is 46.8 Å². The molecular formula is C20H25FIN7. The summed E-state index contributed by atoms with van der Waals surface area (Å²) in [5, 5.41) is 4.51. The van der Waals surface area contributed by atoms with E-state index in [0.717, 1.165) is 62.0 Å². The molecule has 0 radical (unpaired) electrons. The summed E-state index contributed by atoms with van der Waals surface area (Å²) < 4.78 is 13.3. The van der Waals surface area contributed by atoms with Gasteiger partial charge in [-0.3, -0.25) is 4.99 Å². The van der Waals surface area contributed by atoms with Crippen LogP contribution in [0, 0.1) is 5.82 Å². The van der Waals surface area contributed by atoms with E-state index in [-0.39, 0.29) is 29.8 Å². The number of aromatic amines is 1. The molecule has 0 saturated carbocycles. The highest BCUT2D eigenvalue weighted by Gasteiger charge is 2.21. The van der Waals surface area contributed by atoms with Crippen molar-refractivity contribution in [3.63, 3.8) is 0 Å². The number of hydrogen-bond donors (Lipinski definition) is 2. The topological polar surface area (TPSA) is 72.4 Å². The minimum Gasteiger partial charge on any atom is -0.361 e. The molecule has 1 aliphatic rings. The summed E-state index contributed by atoms with van der Waals surface area (Å²) in [6.45, 7) is 4.21. The summed E-state index contributed by atoms with van der Waals surface area (Å²) in [5.41, 5.74) is 2.00. The van der Waals surface area contributed by atoms with Crippen molar-refractivity contribution in [1.29, 1.82) is 0 Å². The van der Waals surface area contributed by atoms with Gasteiger partial charge in [0.1, 0.15) is 5.82 Å². The molecule has 7 nitrogen and oxygen atoms in total. The van der Waals surface area contributed by atoms with Crippen LogP contribution >= 0.6 is 24.0 Å². The van der Waals surface area contributed by atoms with Gasteiger partial charge in [-0.2, -0.15) is 0 Å². The molecule has 1 aliphatic heterocycles. The van der Waals surface area contributed by atoms with E-state index < -0.39 is 0 Å². The molecule has 0 amide bonds. The van der Waals surface area contributed by atoms with Gasteiger partial charge in [0, 0.05) is 69.3 Å². The molecule has 29 heavy (non-hydrogen) atoms. The molecule has 9 heteroatoms. The molecular weight excluding hydrogens is 484 g/mol. The molecule has 2 aromatic heterocycles. The van der Waals surface area contributed by atoms with Gasteiger partial charge < -0.3 is 20.1 Å². The molecule has 0 aliphatic carbocycles. The molecule has 0 unspecified atom stereocenters. The predicted octanol–water partition coefficient (Wildman–Crippen LogP) is 2.66. The fourth-order valence-corrected chi connectivity index (χ4v) is 3.58. The van der Waals surface area contributed by atoms with E-state index in [9.17, 15) is 4.39 Å². The smallest absolute Gasteiger partial charge is 0.225 e. The van der Waals surface area contributed by atoms with E-state index in [4.69, 9.17) is 0 Å². The lowest BCUT2D eigenvalue weighted by molar-refractivity contribution is 0.370. The first kappa shape index (κ1) is 21.3. The van der Waals surface area contributed by atoms with Crippen molar-refractivity contribution in [2.45, 2.75) is 6.42 Å². The first-order valence-corrected chi connectivity index (χ1v) is 9.47. The number of nitrogens with zero attached hydrogens (tertiary/aromatic N) is 5. The fourth-order valence-electron chi connectivity index (χ4n) is 3.58. The number of halogens is 2. The number of rotatable bonds is 4. The summed E-state index contributed by atoms with van der Waals surface area (Å²) in [6, 6.07) is 6.69. The molecule has 1 fully saturated rings. The van der Waals surface area contributed by atoms with Crippen LogP contribution in [0.5, 0.6) is 0 Å². The molecule has 4 rings (SSSR count). The van der Waals surface area contributed by atoms with Gasteiger partial charge in [-0.05, 0) is 36.2 Å². The second-order valence-corrected chi connectivity index (χ2v) is 6.75. The Balaban J connectivity index is 0.00000240. The number of anilines is 1. The van der Waals surface area contributed by atoms with Crippen molar-refractivity contribution in [3.8, 4) is 0 Å². The Morgan fingerprint density at radius 2 is 1.97 bits per heavy atom. The minimum atomic E-state index is -0.223. The highest BCUT2D eigenvalue weighted by atomic mass is 127. The van der Waals surface area contributed by atoms with E-state index in [1.54, 1.807) is 12.4 Å². The molecule has 0 spiro atoms. The quantitative estimate of drug-likeness (QED) is 0.322. The Kier molecular flexibility index (Phi) is 7.24. The first-order valence-electron chi connectivity index (χ1n) is 9.47. The number of aliphatic imine (C=N–C) groups is 1. The van der Waals surface area contributed by atoms with Crippen LogP contribution in [0.2, 0.25) is 0 Å². The zero-order chi connectivity index (χ0) is 19.3. The third kappa shape index (κ3) is 4.95. The number of nitrogens with one attached hydrogen (secondary N) is 2. The van der Waals surface area contributed by atoms with Crippen LogP contribution in [-0.4, -0.2) is 65.6 Å². The zero-order valence-corrected chi connectivity index (χ0v) is 18.6. The monoisotopic (exact) mass is 509 g/mol. The van der Waals surface area contributed by atoms with Crippen LogP contribution in [0.3, 0.4) is 0 Å². The van der Waals surface area contributed by atoms with Crippen LogP contribution < -0.4 is 10.2 Å². The summed E-state index contributed by atoms with van der Waals surface area (Å²) in [4.78, 5) is 20.7. The second-order valence-electron chi connectivity index (χ2n) is 6.75. The van der Waals surface area contributed by atoms with Crippen molar-refractivity contribution in [1.82, 2.24) is 25.2 Å². The summed E-state index contributed by atoms with van der Waals surface area (Å²) in [5.74, 6) is 1.46. The van der Waals surface area contributed by atoms with E-state index >= 15 is 0 Å². The van der Waals surface area contributed by atoms with Gasteiger partial charge >= 0.3 is 0 Å². The lowest BCUT2D eigenvalue weighted by Crippen LogP contribution is -2.53. The van der Waals surface area contributed by atoms with Crippen LogP contribution in [0.15, 0.2) is 47.8 Å². The molecule has 2 N–H and O–H groups in total. The highest BCUT2D eigenvalue weighted by molar-refractivity contribution is 14.0. The lowest BCUT2D eigenvalue weighted by Gasteiger charge is -2.36. The maximum absolute atomic E-state index is 13.3. The van der Waals surface area contributed by atoms with Gasteiger partial charge in [-0.1, -0.05) is 0 Å². The number of fused-ring (bicyclic) bond motifs is 1. The van der Waals surface area contributed by atoms with E-state index in [1.807, 2.05) is 25.4 Å². The minimum absolute atomic E-state index is 0. The number of aromatic nitrogens is 3. The molecule has 0 bridgehead atoms. The Labute approximate surface area is 186 Å². The van der Waals surface area contributed by atoms with Crippen molar-refractivity contribution < 1.29 is 4.39 Å². The van der Waals surface area contributed by atoms with Crippen LogP contribution in [-0.2, 0) is 6.42 Å². The van der Waals surface area contributed by atoms with Crippen molar-refractivity contribution in [2.75, 3.05) is 44.7 Å².